The van der Waals surface area contributed by atoms with Gasteiger partial charge >= 0.3 is 6.18 Å². The number of amides is 1. The fourth-order valence-electron chi connectivity index (χ4n) is 1.43. The lowest BCUT2D eigenvalue weighted by molar-refractivity contribution is -0.138. The van der Waals surface area contributed by atoms with Crippen LogP contribution in [0.3, 0.4) is 0 Å². The number of carbonyl (C=O) groups is 3. The van der Waals surface area contributed by atoms with Crippen LogP contribution in [0.1, 0.15) is 38.8 Å². The molecule has 0 aliphatic carbocycles. The Labute approximate surface area is 138 Å². The molecule has 0 radical (unpaired) electrons. The van der Waals surface area contributed by atoms with Gasteiger partial charge in [-0.25, -0.2) is 0 Å². The van der Waals surface area contributed by atoms with E-state index in [-0.39, 0.29) is 24.4 Å². The van der Waals surface area contributed by atoms with Crippen LogP contribution in [0.5, 0.6) is 0 Å². The molecule has 1 aromatic rings. The number of rotatable bonds is 7. The van der Waals surface area contributed by atoms with Gasteiger partial charge in [-0.05, 0) is 32.4 Å². The van der Waals surface area contributed by atoms with E-state index >= 15 is 0 Å². The van der Waals surface area contributed by atoms with Crippen LogP contribution in [0.15, 0.2) is 24.4 Å². The summed E-state index contributed by atoms with van der Waals surface area (Å²) in [4.78, 5) is 35.7. The second-order valence-electron chi connectivity index (χ2n) is 5.12. The summed E-state index contributed by atoms with van der Waals surface area (Å²) in [5, 5.41) is 1.66. The SMILES string of the molecule is CC(=O)CCC(=O)NCC(F)(F)F.CC(=O)CCc1ccccn1. The Morgan fingerprint density at radius 2 is 1.67 bits per heavy atom. The molecule has 1 rings (SSSR count). The molecule has 0 saturated heterocycles. The number of alkyl halides is 3. The Morgan fingerprint density at radius 3 is 2.12 bits per heavy atom. The molecule has 5 nitrogen and oxygen atoms in total. The average molecular weight is 346 g/mol. The lowest BCUT2D eigenvalue weighted by Gasteiger charge is -2.07. The molecule has 0 aliphatic heterocycles. The minimum absolute atomic E-state index is 0.0241. The van der Waals surface area contributed by atoms with Gasteiger partial charge in [-0.1, -0.05) is 6.07 Å². The van der Waals surface area contributed by atoms with E-state index in [0.29, 0.717) is 6.42 Å². The number of Topliss-reactive ketones (excluding diaryl/α,β-unsaturated/α-hetero) is 2. The van der Waals surface area contributed by atoms with Crippen LogP contribution in [0.25, 0.3) is 0 Å². The minimum atomic E-state index is -4.40. The van der Waals surface area contributed by atoms with E-state index in [1.165, 1.54) is 6.92 Å². The topological polar surface area (TPSA) is 76.1 Å². The van der Waals surface area contributed by atoms with Crippen LogP contribution < -0.4 is 5.32 Å². The first-order valence-corrected chi connectivity index (χ1v) is 7.32. The number of nitrogens with zero attached hydrogens (tertiary/aromatic N) is 1. The molecule has 24 heavy (non-hydrogen) atoms. The zero-order valence-corrected chi connectivity index (χ0v) is 13.7. The summed E-state index contributed by atoms with van der Waals surface area (Å²) < 4.78 is 34.6. The normalized spacial score (nSPS) is 10.4. The van der Waals surface area contributed by atoms with Gasteiger partial charge in [0.25, 0.3) is 0 Å². The molecular weight excluding hydrogens is 325 g/mol. The number of aryl methyl sites for hydroxylation is 1. The van der Waals surface area contributed by atoms with Crippen molar-refractivity contribution in [1.29, 1.82) is 0 Å². The van der Waals surface area contributed by atoms with E-state index in [0.717, 1.165) is 12.1 Å². The molecular formula is C16H21F3N2O3. The molecule has 0 aromatic carbocycles. The zero-order chi connectivity index (χ0) is 18.6. The van der Waals surface area contributed by atoms with Gasteiger partial charge in [0.15, 0.2) is 0 Å². The van der Waals surface area contributed by atoms with Crippen molar-refractivity contribution in [1.82, 2.24) is 10.3 Å². The lowest BCUT2D eigenvalue weighted by Crippen LogP contribution is -2.33. The number of halogens is 3. The van der Waals surface area contributed by atoms with Crippen molar-refractivity contribution in [3.05, 3.63) is 30.1 Å². The van der Waals surface area contributed by atoms with Gasteiger partial charge in [0, 0.05) is 31.2 Å². The summed E-state index contributed by atoms with van der Waals surface area (Å²) in [5.74, 6) is -0.759. The Kier molecular flexibility index (Phi) is 10.3. The quantitative estimate of drug-likeness (QED) is 0.823. The molecule has 0 bridgehead atoms. The highest BCUT2D eigenvalue weighted by Gasteiger charge is 2.27. The molecule has 134 valence electrons. The first-order valence-electron chi connectivity index (χ1n) is 7.32. The maximum atomic E-state index is 11.5. The van der Waals surface area contributed by atoms with E-state index in [9.17, 15) is 27.6 Å². The second-order valence-corrected chi connectivity index (χ2v) is 5.12. The molecule has 0 atom stereocenters. The first-order chi connectivity index (χ1) is 11.1. The fraction of sp³-hybridized carbons (Fsp3) is 0.500. The third-order valence-electron chi connectivity index (χ3n) is 2.65. The van der Waals surface area contributed by atoms with Crippen molar-refractivity contribution in [2.45, 2.75) is 45.7 Å². The van der Waals surface area contributed by atoms with Crippen LogP contribution in [-0.4, -0.2) is 35.2 Å². The van der Waals surface area contributed by atoms with Crippen molar-refractivity contribution in [3.63, 3.8) is 0 Å². The highest BCUT2D eigenvalue weighted by molar-refractivity contribution is 5.83. The molecule has 1 heterocycles. The lowest BCUT2D eigenvalue weighted by atomic mass is 10.2. The van der Waals surface area contributed by atoms with Crippen LogP contribution in [0.2, 0.25) is 0 Å². The average Bonchev–Trinajstić information content (AvgIpc) is 2.50. The van der Waals surface area contributed by atoms with Gasteiger partial charge in [-0.15, -0.1) is 0 Å². The number of pyridine rings is 1. The van der Waals surface area contributed by atoms with E-state index in [1.54, 1.807) is 18.4 Å². The number of ketones is 2. The van der Waals surface area contributed by atoms with Crippen LogP contribution in [0.4, 0.5) is 13.2 Å². The molecule has 0 saturated carbocycles. The summed E-state index contributed by atoms with van der Waals surface area (Å²) in [6.45, 7) is 1.53. The van der Waals surface area contributed by atoms with Gasteiger partial charge in [-0.2, -0.15) is 13.2 Å². The van der Waals surface area contributed by atoms with Gasteiger partial charge in [0.2, 0.25) is 5.91 Å². The molecule has 0 spiro atoms. The van der Waals surface area contributed by atoms with Gasteiger partial charge in [0.05, 0.1) is 0 Å². The maximum absolute atomic E-state index is 11.5. The summed E-state index contributed by atoms with van der Waals surface area (Å²) in [6, 6.07) is 5.74. The highest BCUT2D eigenvalue weighted by Crippen LogP contribution is 2.12. The van der Waals surface area contributed by atoms with Gasteiger partial charge in [0.1, 0.15) is 18.1 Å². The Balaban J connectivity index is 0.000000446. The molecule has 0 aliphatic rings. The first kappa shape index (κ1) is 21.8. The monoisotopic (exact) mass is 346 g/mol. The second kappa shape index (κ2) is 11.3. The van der Waals surface area contributed by atoms with Gasteiger partial charge in [-0.3, -0.25) is 9.78 Å². The molecule has 1 amide bonds. The summed E-state index contributed by atoms with van der Waals surface area (Å²) in [6.07, 6.45) is -1.51. The minimum Gasteiger partial charge on any atom is -0.347 e. The third-order valence-corrected chi connectivity index (χ3v) is 2.65. The predicted octanol–water partition coefficient (Wildman–Crippen LogP) is 2.64. The van der Waals surface area contributed by atoms with Gasteiger partial charge < -0.3 is 14.9 Å². The summed E-state index contributed by atoms with van der Waals surface area (Å²) >= 11 is 0. The number of nitrogens with one attached hydrogen (secondary N) is 1. The fourth-order valence-corrected chi connectivity index (χ4v) is 1.43. The van der Waals surface area contributed by atoms with Crippen LogP contribution >= 0.6 is 0 Å². The third kappa shape index (κ3) is 14.7. The number of carbonyl (C=O) groups excluding carboxylic acids is 3. The Hall–Kier alpha value is -2.25. The molecule has 0 fully saturated rings. The van der Waals surface area contributed by atoms with Crippen LogP contribution in [0, 0.1) is 0 Å². The zero-order valence-electron chi connectivity index (χ0n) is 13.7. The number of aromatic nitrogens is 1. The number of hydrogen-bond donors (Lipinski definition) is 1. The molecule has 1 aromatic heterocycles. The molecule has 1 N–H and O–H groups in total. The maximum Gasteiger partial charge on any atom is 0.405 e. The largest absolute Gasteiger partial charge is 0.405 e. The van der Waals surface area contributed by atoms with Crippen LogP contribution in [-0.2, 0) is 20.8 Å². The van der Waals surface area contributed by atoms with Crippen molar-refractivity contribution in [2.24, 2.45) is 0 Å². The Morgan fingerprint density at radius 1 is 1.04 bits per heavy atom. The Bertz CT molecular complexity index is 531. The standard InChI is InChI=1S/C9H11NO.C7H10F3NO2/c1-8(11)5-6-9-4-2-3-7-10-9;1-5(12)2-3-6(13)11-4-7(8,9)10/h2-4,7H,5-6H2,1H3;2-4H2,1H3,(H,11,13). The predicted molar refractivity (Wildman–Crippen MR) is 82.2 cm³/mol. The van der Waals surface area contributed by atoms with E-state index < -0.39 is 18.6 Å². The van der Waals surface area contributed by atoms with Crippen molar-refractivity contribution in [3.8, 4) is 0 Å². The highest BCUT2D eigenvalue weighted by atomic mass is 19.4. The van der Waals surface area contributed by atoms with E-state index in [4.69, 9.17) is 0 Å². The van der Waals surface area contributed by atoms with E-state index in [1.807, 2.05) is 18.2 Å². The smallest absolute Gasteiger partial charge is 0.347 e. The van der Waals surface area contributed by atoms with E-state index in [2.05, 4.69) is 4.98 Å². The summed E-state index contributed by atoms with van der Waals surface area (Å²) in [7, 11) is 0. The molecule has 0 unspecified atom stereocenters. The van der Waals surface area contributed by atoms with Crippen molar-refractivity contribution >= 4 is 17.5 Å². The van der Waals surface area contributed by atoms with Crippen molar-refractivity contribution in [2.75, 3.05) is 6.54 Å². The van der Waals surface area contributed by atoms with Crippen molar-refractivity contribution < 1.29 is 27.6 Å². The summed E-state index contributed by atoms with van der Waals surface area (Å²) in [5.41, 5.74) is 0.989. The number of hydrogen-bond acceptors (Lipinski definition) is 4. The molecule has 8 heteroatoms.